The summed E-state index contributed by atoms with van der Waals surface area (Å²) in [6.07, 6.45) is 2.17. The number of carbonyl (C=O) groups excluding carboxylic acids is 1. The molecule has 2 N–H and O–H groups in total. The zero-order valence-electron chi connectivity index (χ0n) is 12.5. The van der Waals surface area contributed by atoms with E-state index in [9.17, 15) is 9.59 Å². The van der Waals surface area contributed by atoms with E-state index >= 15 is 0 Å². The van der Waals surface area contributed by atoms with Crippen molar-refractivity contribution in [3.8, 4) is 0 Å². The monoisotopic (exact) mass is 311 g/mol. The van der Waals surface area contributed by atoms with E-state index in [0.717, 1.165) is 19.4 Å². The number of nitrogens with zero attached hydrogens (tertiary/aromatic N) is 2. The lowest BCUT2D eigenvalue weighted by molar-refractivity contribution is 0.0691. The normalized spacial score (nSPS) is 23.7. The van der Waals surface area contributed by atoms with Crippen LogP contribution in [0.5, 0.6) is 0 Å². The molecule has 7 heteroatoms. The molecule has 0 spiro atoms. The van der Waals surface area contributed by atoms with Gasteiger partial charge in [-0.15, -0.1) is 11.3 Å². The number of nitrogens with one attached hydrogen (secondary N) is 1. The van der Waals surface area contributed by atoms with Gasteiger partial charge in [0, 0.05) is 18.0 Å². The maximum absolute atomic E-state index is 12.4. The largest absolute Gasteiger partial charge is 0.476 e. The first kappa shape index (κ1) is 15.8. The quantitative estimate of drug-likeness (QED) is 0.899. The molecule has 0 aromatic carbocycles. The molecule has 1 saturated heterocycles. The van der Waals surface area contributed by atoms with Gasteiger partial charge in [-0.2, -0.15) is 0 Å². The summed E-state index contributed by atoms with van der Waals surface area (Å²) in [5, 5.41) is 13.9. The molecule has 1 aliphatic heterocycles. The molecular formula is C14H21N3O3S. The fourth-order valence-electron chi connectivity index (χ4n) is 2.49. The summed E-state index contributed by atoms with van der Waals surface area (Å²) in [7, 11) is 0. The van der Waals surface area contributed by atoms with Gasteiger partial charge in [-0.05, 0) is 32.6 Å². The molecule has 3 unspecified atom stereocenters. The van der Waals surface area contributed by atoms with Crippen LogP contribution in [0.4, 0.5) is 4.79 Å². The number of carboxylic acids is 1. The Morgan fingerprint density at radius 3 is 2.81 bits per heavy atom. The fraction of sp³-hybridized carbons (Fsp3) is 0.643. The molecule has 2 amide bonds. The van der Waals surface area contributed by atoms with Gasteiger partial charge in [0.15, 0.2) is 5.69 Å². The van der Waals surface area contributed by atoms with Gasteiger partial charge in [0.1, 0.15) is 5.01 Å². The number of carbonyl (C=O) groups is 2. The van der Waals surface area contributed by atoms with Crippen molar-refractivity contribution >= 4 is 23.3 Å². The number of likely N-dealkylation sites (tertiary alicyclic amines) is 1. The van der Waals surface area contributed by atoms with Crippen molar-refractivity contribution in [3.63, 3.8) is 0 Å². The molecule has 1 aliphatic rings. The SMILES string of the molecule is CC1CCC(C)N(C(=O)NC(C)c2nc(C(=O)O)cs2)C1. The highest BCUT2D eigenvalue weighted by molar-refractivity contribution is 7.09. The minimum atomic E-state index is -1.05. The van der Waals surface area contributed by atoms with Crippen molar-refractivity contribution in [1.29, 1.82) is 0 Å². The summed E-state index contributed by atoms with van der Waals surface area (Å²) < 4.78 is 0. The van der Waals surface area contributed by atoms with Crippen LogP contribution in [0.3, 0.4) is 0 Å². The lowest BCUT2D eigenvalue weighted by Crippen LogP contribution is -2.50. The number of hydrogen-bond donors (Lipinski definition) is 2. The van der Waals surface area contributed by atoms with Crippen LogP contribution < -0.4 is 5.32 Å². The zero-order valence-corrected chi connectivity index (χ0v) is 13.3. The number of rotatable bonds is 3. The summed E-state index contributed by atoms with van der Waals surface area (Å²) in [6.45, 7) is 6.79. The van der Waals surface area contributed by atoms with E-state index in [1.807, 2.05) is 11.8 Å². The molecular weight excluding hydrogens is 290 g/mol. The van der Waals surface area contributed by atoms with E-state index in [4.69, 9.17) is 5.11 Å². The third-order valence-corrected chi connectivity index (χ3v) is 4.86. The minimum absolute atomic E-state index is 0.0241. The second-order valence-corrected chi connectivity index (χ2v) is 6.62. The number of thiazole rings is 1. The van der Waals surface area contributed by atoms with Crippen LogP contribution in [0, 0.1) is 5.92 Å². The smallest absolute Gasteiger partial charge is 0.355 e. The summed E-state index contributed by atoms with van der Waals surface area (Å²) >= 11 is 1.25. The first-order chi connectivity index (χ1) is 9.88. The Labute approximate surface area is 128 Å². The van der Waals surface area contributed by atoms with Crippen molar-refractivity contribution in [2.45, 2.75) is 45.7 Å². The molecule has 1 aromatic rings. The zero-order chi connectivity index (χ0) is 15.6. The van der Waals surface area contributed by atoms with Crippen LogP contribution in [-0.4, -0.2) is 39.6 Å². The summed E-state index contributed by atoms with van der Waals surface area (Å²) in [4.78, 5) is 29.1. The molecule has 6 nitrogen and oxygen atoms in total. The molecule has 2 rings (SSSR count). The maximum Gasteiger partial charge on any atom is 0.355 e. The second-order valence-electron chi connectivity index (χ2n) is 5.73. The average Bonchev–Trinajstić information content (AvgIpc) is 2.91. The van der Waals surface area contributed by atoms with E-state index in [1.54, 1.807) is 0 Å². The van der Waals surface area contributed by atoms with Gasteiger partial charge in [0.25, 0.3) is 0 Å². The number of hydrogen-bond acceptors (Lipinski definition) is 4. The molecule has 0 aliphatic carbocycles. The molecule has 1 fully saturated rings. The molecule has 2 heterocycles. The van der Waals surface area contributed by atoms with Crippen LogP contribution in [-0.2, 0) is 0 Å². The van der Waals surface area contributed by atoms with Gasteiger partial charge in [-0.1, -0.05) is 6.92 Å². The highest BCUT2D eigenvalue weighted by Gasteiger charge is 2.28. The standard InChI is InChI=1S/C14H21N3O3S/c1-8-4-5-9(2)17(6-8)14(20)15-10(3)12-16-11(7-21-12)13(18)19/h7-10H,4-6H2,1-3H3,(H,15,20)(H,18,19). The number of carboxylic acid groups (broad SMARTS) is 1. The van der Waals surface area contributed by atoms with Gasteiger partial charge >= 0.3 is 12.0 Å². The number of urea groups is 1. The van der Waals surface area contributed by atoms with Gasteiger partial charge in [0.2, 0.25) is 0 Å². The van der Waals surface area contributed by atoms with Crippen molar-refractivity contribution in [1.82, 2.24) is 15.2 Å². The first-order valence-electron chi connectivity index (χ1n) is 7.14. The number of amides is 2. The molecule has 0 bridgehead atoms. The Bertz CT molecular complexity index is 531. The van der Waals surface area contributed by atoms with Gasteiger partial charge in [0.05, 0.1) is 6.04 Å². The summed E-state index contributed by atoms with van der Waals surface area (Å²) in [5.74, 6) is -0.532. The molecule has 0 saturated carbocycles. The summed E-state index contributed by atoms with van der Waals surface area (Å²) in [6, 6.07) is -0.159. The van der Waals surface area contributed by atoms with Crippen LogP contribution in [0.2, 0.25) is 0 Å². The van der Waals surface area contributed by atoms with Crippen LogP contribution in [0.1, 0.15) is 55.2 Å². The van der Waals surface area contributed by atoms with Crippen molar-refractivity contribution < 1.29 is 14.7 Å². The van der Waals surface area contributed by atoms with E-state index in [1.165, 1.54) is 16.7 Å². The lowest BCUT2D eigenvalue weighted by Gasteiger charge is -2.37. The molecule has 21 heavy (non-hydrogen) atoms. The maximum atomic E-state index is 12.4. The van der Waals surface area contributed by atoms with E-state index < -0.39 is 5.97 Å². The highest BCUT2D eigenvalue weighted by Crippen LogP contribution is 2.23. The van der Waals surface area contributed by atoms with Crippen LogP contribution in [0.15, 0.2) is 5.38 Å². The van der Waals surface area contributed by atoms with Gasteiger partial charge < -0.3 is 15.3 Å². The molecule has 116 valence electrons. The van der Waals surface area contributed by atoms with Crippen LogP contribution in [0.25, 0.3) is 0 Å². The average molecular weight is 311 g/mol. The van der Waals surface area contributed by atoms with Crippen molar-refractivity contribution in [2.24, 2.45) is 5.92 Å². The number of aromatic nitrogens is 1. The topological polar surface area (TPSA) is 82.5 Å². The van der Waals surface area contributed by atoms with Crippen molar-refractivity contribution in [3.05, 3.63) is 16.1 Å². The number of piperidine rings is 1. The predicted molar refractivity (Wildman–Crippen MR) is 80.6 cm³/mol. The third-order valence-electron chi connectivity index (χ3n) is 3.83. The Morgan fingerprint density at radius 2 is 2.19 bits per heavy atom. The Hall–Kier alpha value is -1.63. The lowest BCUT2D eigenvalue weighted by atomic mass is 9.95. The van der Waals surface area contributed by atoms with E-state index in [-0.39, 0.29) is 23.8 Å². The van der Waals surface area contributed by atoms with Gasteiger partial charge in [-0.3, -0.25) is 0 Å². The highest BCUT2D eigenvalue weighted by atomic mass is 32.1. The molecule has 3 atom stereocenters. The molecule has 0 radical (unpaired) electrons. The van der Waals surface area contributed by atoms with E-state index in [0.29, 0.717) is 10.9 Å². The number of aromatic carboxylic acids is 1. The minimum Gasteiger partial charge on any atom is -0.476 e. The predicted octanol–water partition coefficient (Wildman–Crippen LogP) is 2.73. The van der Waals surface area contributed by atoms with Crippen LogP contribution >= 0.6 is 11.3 Å². The first-order valence-corrected chi connectivity index (χ1v) is 8.02. The van der Waals surface area contributed by atoms with Crippen molar-refractivity contribution in [2.75, 3.05) is 6.54 Å². The molecule has 1 aromatic heterocycles. The second kappa shape index (κ2) is 6.43. The third kappa shape index (κ3) is 3.72. The van der Waals surface area contributed by atoms with Gasteiger partial charge in [-0.25, -0.2) is 14.6 Å². The Morgan fingerprint density at radius 1 is 1.48 bits per heavy atom. The summed E-state index contributed by atoms with van der Waals surface area (Å²) in [5.41, 5.74) is 0.0241. The fourth-order valence-corrected chi connectivity index (χ4v) is 3.29. The Kier molecular flexibility index (Phi) is 4.82. The Balaban J connectivity index is 1.99. The van der Waals surface area contributed by atoms with E-state index in [2.05, 4.69) is 24.1 Å².